The van der Waals surface area contributed by atoms with E-state index in [-0.39, 0.29) is 0 Å². The molecule has 0 spiro atoms. The van der Waals surface area contributed by atoms with Crippen LogP contribution in [-0.4, -0.2) is 67.2 Å². The second-order valence-corrected chi connectivity index (χ2v) is 9.31. The van der Waals surface area contributed by atoms with Crippen LogP contribution >= 0.6 is 0 Å². The summed E-state index contributed by atoms with van der Waals surface area (Å²) in [6, 6.07) is 4.11. The molecule has 24 heavy (non-hydrogen) atoms. The van der Waals surface area contributed by atoms with Crippen molar-refractivity contribution in [2.45, 2.75) is 25.8 Å². The first-order valence-corrected chi connectivity index (χ1v) is 10.2. The van der Waals surface area contributed by atoms with Crippen LogP contribution in [-0.2, 0) is 16.8 Å². The number of hydrogen-bond donors (Lipinski definition) is 0. The van der Waals surface area contributed by atoms with Crippen molar-refractivity contribution >= 4 is 10.2 Å². The molecule has 0 aromatic carbocycles. The van der Waals surface area contributed by atoms with Gasteiger partial charge in [-0.1, -0.05) is 6.07 Å². The third kappa shape index (κ3) is 3.96. The fraction of sp³-hybridized carbons (Fsp3) is 0.706. The molecule has 1 atom stereocenters. The van der Waals surface area contributed by atoms with Gasteiger partial charge in [0.15, 0.2) is 0 Å². The summed E-state index contributed by atoms with van der Waals surface area (Å²) in [7, 11) is -0.0290. The highest BCUT2D eigenvalue weighted by atomic mass is 32.2. The molecule has 2 aliphatic rings. The van der Waals surface area contributed by atoms with E-state index in [0.29, 0.717) is 24.9 Å². The van der Waals surface area contributed by atoms with Gasteiger partial charge in [-0.3, -0.25) is 9.88 Å². The molecule has 0 bridgehead atoms. The van der Waals surface area contributed by atoms with Crippen molar-refractivity contribution in [3.63, 3.8) is 0 Å². The number of aromatic nitrogens is 1. The summed E-state index contributed by atoms with van der Waals surface area (Å²) in [5, 5.41) is 0. The molecule has 6 nitrogen and oxygen atoms in total. The molecule has 0 radical (unpaired) electrons. The van der Waals surface area contributed by atoms with Crippen LogP contribution in [0, 0.1) is 11.8 Å². The Hall–Kier alpha value is -1.02. The van der Waals surface area contributed by atoms with E-state index in [0.717, 1.165) is 26.1 Å². The summed E-state index contributed by atoms with van der Waals surface area (Å²) >= 11 is 0. The summed E-state index contributed by atoms with van der Waals surface area (Å²) in [5.74, 6) is 1.16. The Bertz CT molecular complexity index is 627. The van der Waals surface area contributed by atoms with E-state index in [2.05, 4.69) is 16.0 Å². The van der Waals surface area contributed by atoms with Gasteiger partial charge in [-0.25, -0.2) is 0 Å². The normalized spacial score (nSPS) is 24.7. The first kappa shape index (κ1) is 17.8. The SMILES string of the molecule is CN(C)S(=O)(=O)N1CC[C@H](C2CCN(Cc3cccnc3)CC2)C1. The van der Waals surface area contributed by atoms with Crippen molar-refractivity contribution in [1.82, 2.24) is 18.5 Å². The van der Waals surface area contributed by atoms with Gasteiger partial charge >= 0.3 is 0 Å². The summed E-state index contributed by atoms with van der Waals surface area (Å²) in [4.78, 5) is 6.66. The molecule has 1 aromatic rings. The molecule has 3 rings (SSSR count). The molecule has 0 N–H and O–H groups in total. The highest BCUT2D eigenvalue weighted by Gasteiger charge is 2.37. The van der Waals surface area contributed by atoms with Gasteiger partial charge in [0.1, 0.15) is 0 Å². The van der Waals surface area contributed by atoms with Crippen LogP contribution in [0.1, 0.15) is 24.8 Å². The summed E-state index contributed by atoms with van der Waals surface area (Å²) in [6.45, 7) is 4.51. The zero-order chi connectivity index (χ0) is 17.2. The molecular weight excluding hydrogens is 324 g/mol. The van der Waals surface area contributed by atoms with E-state index in [9.17, 15) is 8.42 Å². The lowest BCUT2D eigenvalue weighted by atomic mass is 9.84. The standard InChI is InChI=1S/C17H28N4O2S/c1-19(2)24(22,23)21-11-7-17(14-21)16-5-9-20(10-6-16)13-15-4-3-8-18-12-15/h3-4,8,12,16-17H,5-7,9-11,13-14H2,1-2H3/t17-/m0/s1. The van der Waals surface area contributed by atoms with Crippen molar-refractivity contribution in [3.8, 4) is 0 Å². The smallest absolute Gasteiger partial charge is 0.281 e. The molecule has 1 aromatic heterocycles. The average molecular weight is 353 g/mol. The third-order valence-corrected chi connectivity index (χ3v) is 7.31. The van der Waals surface area contributed by atoms with Gasteiger partial charge in [0.2, 0.25) is 0 Å². The lowest BCUT2D eigenvalue weighted by molar-refractivity contribution is 0.144. The van der Waals surface area contributed by atoms with Gasteiger partial charge in [0, 0.05) is 46.1 Å². The Balaban J connectivity index is 1.49. The average Bonchev–Trinajstić information content (AvgIpc) is 3.07. The van der Waals surface area contributed by atoms with Crippen molar-refractivity contribution in [3.05, 3.63) is 30.1 Å². The second kappa shape index (κ2) is 7.47. The van der Waals surface area contributed by atoms with E-state index in [1.54, 1.807) is 18.4 Å². The van der Waals surface area contributed by atoms with Gasteiger partial charge in [-0.05, 0) is 55.8 Å². The van der Waals surface area contributed by atoms with Crippen LogP contribution in [0.3, 0.4) is 0 Å². The van der Waals surface area contributed by atoms with Crippen molar-refractivity contribution in [2.24, 2.45) is 11.8 Å². The van der Waals surface area contributed by atoms with Crippen molar-refractivity contribution in [1.29, 1.82) is 0 Å². The van der Waals surface area contributed by atoms with E-state index in [4.69, 9.17) is 0 Å². The van der Waals surface area contributed by atoms with Gasteiger partial charge in [-0.15, -0.1) is 0 Å². The first-order valence-electron chi connectivity index (χ1n) is 8.75. The number of likely N-dealkylation sites (tertiary alicyclic amines) is 1. The fourth-order valence-corrected chi connectivity index (χ4v) is 5.09. The fourth-order valence-electron chi connectivity index (χ4n) is 3.91. The Morgan fingerprint density at radius 3 is 2.50 bits per heavy atom. The molecule has 2 fully saturated rings. The number of piperidine rings is 1. The predicted molar refractivity (Wildman–Crippen MR) is 94.5 cm³/mol. The van der Waals surface area contributed by atoms with Crippen LogP contribution in [0.5, 0.6) is 0 Å². The molecule has 134 valence electrons. The van der Waals surface area contributed by atoms with Crippen molar-refractivity contribution < 1.29 is 8.42 Å². The monoisotopic (exact) mass is 352 g/mol. The maximum Gasteiger partial charge on any atom is 0.281 e. The second-order valence-electron chi connectivity index (χ2n) is 7.17. The minimum atomic E-state index is -3.25. The largest absolute Gasteiger partial charge is 0.299 e. The third-order valence-electron chi connectivity index (χ3n) is 5.40. The van der Waals surface area contributed by atoms with E-state index < -0.39 is 10.2 Å². The van der Waals surface area contributed by atoms with E-state index >= 15 is 0 Å². The predicted octanol–water partition coefficient (Wildman–Crippen LogP) is 1.42. The maximum atomic E-state index is 12.3. The quantitative estimate of drug-likeness (QED) is 0.804. The van der Waals surface area contributed by atoms with Crippen molar-refractivity contribution in [2.75, 3.05) is 40.3 Å². The molecule has 0 amide bonds. The van der Waals surface area contributed by atoms with Gasteiger partial charge in [0.25, 0.3) is 10.2 Å². The van der Waals surface area contributed by atoms with Crippen LogP contribution in [0.4, 0.5) is 0 Å². The Morgan fingerprint density at radius 2 is 1.88 bits per heavy atom. The summed E-state index contributed by atoms with van der Waals surface area (Å²) in [6.07, 6.45) is 7.08. The summed E-state index contributed by atoms with van der Waals surface area (Å²) < 4.78 is 27.5. The zero-order valence-corrected chi connectivity index (χ0v) is 15.5. The molecule has 0 saturated carbocycles. The van der Waals surface area contributed by atoms with Crippen LogP contribution in [0.2, 0.25) is 0 Å². The highest BCUT2D eigenvalue weighted by Crippen LogP contribution is 2.33. The van der Waals surface area contributed by atoms with Gasteiger partial charge < -0.3 is 0 Å². The van der Waals surface area contributed by atoms with Gasteiger partial charge in [-0.2, -0.15) is 17.0 Å². The van der Waals surface area contributed by atoms with Crippen LogP contribution < -0.4 is 0 Å². The van der Waals surface area contributed by atoms with Gasteiger partial charge in [0.05, 0.1) is 0 Å². The number of nitrogens with zero attached hydrogens (tertiary/aromatic N) is 4. The topological polar surface area (TPSA) is 56.8 Å². The molecule has 7 heteroatoms. The molecule has 3 heterocycles. The van der Waals surface area contributed by atoms with E-state index in [1.807, 2.05) is 18.5 Å². The summed E-state index contributed by atoms with van der Waals surface area (Å²) in [5.41, 5.74) is 1.26. The molecule has 2 aliphatic heterocycles. The first-order chi connectivity index (χ1) is 11.5. The number of hydrogen-bond acceptors (Lipinski definition) is 4. The number of rotatable bonds is 5. The Labute approximate surface area is 145 Å². The minimum Gasteiger partial charge on any atom is -0.299 e. The Kier molecular flexibility index (Phi) is 5.54. The van der Waals surface area contributed by atoms with Crippen LogP contribution in [0.25, 0.3) is 0 Å². The van der Waals surface area contributed by atoms with E-state index in [1.165, 1.54) is 22.7 Å². The Morgan fingerprint density at radius 1 is 1.17 bits per heavy atom. The minimum absolute atomic E-state index is 0.514. The molecule has 0 unspecified atom stereocenters. The molecular formula is C17H28N4O2S. The highest BCUT2D eigenvalue weighted by molar-refractivity contribution is 7.86. The lowest BCUT2D eigenvalue weighted by Crippen LogP contribution is -2.40. The zero-order valence-electron chi connectivity index (χ0n) is 14.6. The molecule has 0 aliphatic carbocycles. The number of pyridine rings is 1. The molecule has 2 saturated heterocycles. The lowest BCUT2D eigenvalue weighted by Gasteiger charge is -2.34. The van der Waals surface area contributed by atoms with Crippen LogP contribution in [0.15, 0.2) is 24.5 Å². The maximum absolute atomic E-state index is 12.3.